The minimum Gasteiger partial charge on any atom is -0.497 e. The Balaban J connectivity index is 2.10. The zero-order chi connectivity index (χ0) is 22.4. The van der Waals surface area contributed by atoms with Crippen molar-refractivity contribution in [3.63, 3.8) is 0 Å². The van der Waals surface area contributed by atoms with Gasteiger partial charge in [-0.2, -0.15) is 0 Å². The number of hydrogen-bond donors (Lipinski definition) is 1. The molecule has 0 aliphatic heterocycles. The van der Waals surface area contributed by atoms with Crippen LogP contribution in [0.1, 0.15) is 48.4 Å². The van der Waals surface area contributed by atoms with E-state index in [-0.39, 0.29) is 24.1 Å². The molecule has 0 radical (unpaired) electrons. The van der Waals surface area contributed by atoms with E-state index in [2.05, 4.69) is 14.9 Å². The number of aromatic nitrogens is 2. The molecule has 0 aliphatic carbocycles. The van der Waals surface area contributed by atoms with Crippen molar-refractivity contribution in [1.82, 2.24) is 19.8 Å². The second kappa shape index (κ2) is 9.70. The van der Waals surface area contributed by atoms with Crippen LogP contribution in [0.5, 0.6) is 5.75 Å². The standard InChI is InChI=1S/C23H26N4O3S/c1-23(2,3)24-21(28)20(17-11-8-12-18(13-17)30-4)27(14-16-9-6-5-7-10-16)22(29)19-15-31-26-25-19/h5-13,15,20H,14H2,1-4H3,(H,24,28)/t20-/m0/s1. The monoisotopic (exact) mass is 438 g/mol. The van der Waals surface area contributed by atoms with E-state index < -0.39 is 11.6 Å². The van der Waals surface area contributed by atoms with Crippen LogP contribution in [0.15, 0.2) is 60.0 Å². The lowest BCUT2D eigenvalue weighted by Gasteiger charge is -2.33. The Morgan fingerprint density at radius 1 is 1.13 bits per heavy atom. The molecule has 0 aliphatic rings. The normalized spacial score (nSPS) is 12.1. The van der Waals surface area contributed by atoms with Crippen LogP contribution >= 0.6 is 11.5 Å². The number of ether oxygens (including phenoxy) is 1. The van der Waals surface area contributed by atoms with Gasteiger partial charge in [0.05, 0.1) is 7.11 Å². The summed E-state index contributed by atoms with van der Waals surface area (Å²) in [6, 6.07) is 15.9. The van der Waals surface area contributed by atoms with Crippen LogP contribution in [0, 0.1) is 0 Å². The van der Waals surface area contributed by atoms with E-state index in [1.54, 1.807) is 30.7 Å². The Labute approximate surface area is 186 Å². The Bertz CT molecular complexity index is 1020. The lowest BCUT2D eigenvalue weighted by atomic mass is 10.00. The summed E-state index contributed by atoms with van der Waals surface area (Å²) >= 11 is 1.09. The molecule has 7 nitrogen and oxygen atoms in total. The van der Waals surface area contributed by atoms with Crippen molar-refractivity contribution in [2.24, 2.45) is 0 Å². The van der Waals surface area contributed by atoms with E-state index in [1.165, 1.54) is 4.90 Å². The van der Waals surface area contributed by atoms with Crippen molar-refractivity contribution >= 4 is 23.3 Å². The van der Waals surface area contributed by atoms with Gasteiger partial charge in [0.15, 0.2) is 5.69 Å². The first-order valence-corrected chi connectivity index (χ1v) is 10.7. The molecular weight excluding hydrogens is 412 g/mol. The molecule has 0 unspecified atom stereocenters. The Kier molecular flexibility index (Phi) is 7.02. The largest absolute Gasteiger partial charge is 0.497 e. The second-order valence-corrected chi connectivity index (χ2v) is 8.74. The van der Waals surface area contributed by atoms with Crippen molar-refractivity contribution in [1.29, 1.82) is 0 Å². The number of carbonyl (C=O) groups excluding carboxylic acids is 2. The van der Waals surface area contributed by atoms with Crippen LogP contribution in [0.4, 0.5) is 0 Å². The third-order valence-corrected chi connectivity index (χ3v) is 5.01. The highest BCUT2D eigenvalue weighted by Crippen LogP contribution is 2.28. The quantitative estimate of drug-likeness (QED) is 0.606. The Morgan fingerprint density at radius 3 is 2.48 bits per heavy atom. The van der Waals surface area contributed by atoms with Gasteiger partial charge in [-0.05, 0) is 55.6 Å². The van der Waals surface area contributed by atoms with Gasteiger partial charge in [-0.1, -0.05) is 47.0 Å². The minimum atomic E-state index is -0.885. The van der Waals surface area contributed by atoms with Gasteiger partial charge in [-0.25, -0.2) is 0 Å². The number of hydrogen-bond acceptors (Lipinski definition) is 6. The molecule has 0 saturated heterocycles. The highest BCUT2D eigenvalue weighted by molar-refractivity contribution is 7.03. The third kappa shape index (κ3) is 5.88. The molecule has 1 atom stereocenters. The van der Waals surface area contributed by atoms with E-state index >= 15 is 0 Å². The smallest absolute Gasteiger partial charge is 0.276 e. The highest BCUT2D eigenvalue weighted by atomic mass is 32.1. The molecule has 3 aromatic rings. The van der Waals surface area contributed by atoms with Crippen LogP contribution in [0.3, 0.4) is 0 Å². The van der Waals surface area contributed by atoms with E-state index in [4.69, 9.17) is 4.74 Å². The maximum absolute atomic E-state index is 13.5. The van der Waals surface area contributed by atoms with Crippen LogP contribution in [0.2, 0.25) is 0 Å². The minimum absolute atomic E-state index is 0.206. The molecule has 3 rings (SSSR count). The number of methoxy groups -OCH3 is 1. The summed E-state index contributed by atoms with van der Waals surface area (Å²) in [5.74, 6) is -0.0452. The molecule has 0 spiro atoms. The first kappa shape index (κ1) is 22.4. The SMILES string of the molecule is COc1cccc([C@@H](C(=O)NC(C)(C)C)N(Cc2ccccc2)C(=O)c2csnn2)c1. The van der Waals surface area contributed by atoms with Crippen LogP contribution in [0.25, 0.3) is 0 Å². The number of amides is 2. The zero-order valence-electron chi connectivity index (χ0n) is 18.0. The fraction of sp³-hybridized carbons (Fsp3) is 0.304. The molecule has 1 aromatic heterocycles. The van der Waals surface area contributed by atoms with Gasteiger partial charge in [-0.3, -0.25) is 9.59 Å². The fourth-order valence-corrected chi connectivity index (χ4v) is 3.62. The van der Waals surface area contributed by atoms with E-state index in [9.17, 15) is 9.59 Å². The molecule has 31 heavy (non-hydrogen) atoms. The summed E-state index contributed by atoms with van der Waals surface area (Å²) in [6.07, 6.45) is 0. The summed E-state index contributed by atoms with van der Waals surface area (Å²) in [7, 11) is 1.57. The fourth-order valence-electron chi connectivity index (χ4n) is 3.19. The van der Waals surface area contributed by atoms with Crippen molar-refractivity contribution in [3.05, 3.63) is 76.8 Å². The summed E-state index contributed by atoms with van der Waals surface area (Å²) in [4.78, 5) is 28.5. The van der Waals surface area contributed by atoms with Crippen LogP contribution in [-0.2, 0) is 11.3 Å². The molecular formula is C23H26N4O3S. The number of nitrogens with zero attached hydrogens (tertiary/aromatic N) is 3. The second-order valence-electron chi connectivity index (χ2n) is 8.13. The number of benzene rings is 2. The summed E-state index contributed by atoms with van der Waals surface area (Å²) in [5.41, 5.74) is 1.28. The number of carbonyl (C=O) groups is 2. The lowest BCUT2D eigenvalue weighted by Crippen LogP contribution is -2.49. The predicted octanol–water partition coefficient (Wildman–Crippen LogP) is 3.85. The Morgan fingerprint density at radius 2 is 1.87 bits per heavy atom. The molecule has 0 fully saturated rings. The molecule has 162 valence electrons. The molecule has 2 aromatic carbocycles. The zero-order valence-corrected chi connectivity index (χ0v) is 18.8. The van der Waals surface area contributed by atoms with E-state index in [0.717, 1.165) is 17.1 Å². The summed E-state index contributed by atoms with van der Waals surface area (Å²) in [6.45, 7) is 5.94. The van der Waals surface area contributed by atoms with E-state index in [0.29, 0.717) is 11.3 Å². The van der Waals surface area contributed by atoms with Gasteiger partial charge in [0.2, 0.25) is 5.91 Å². The first-order chi connectivity index (χ1) is 14.8. The number of rotatable bonds is 7. The lowest BCUT2D eigenvalue weighted by molar-refractivity contribution is -0.127. The molecule has 0 bridgehead atoms. The van der Waals surface area contributed by atoms with Crippen LogP contribution in [-0.4, -0.2) is 38.9 Å². The molecule has 2 amide bonds. The number of nitrogens with one attached hydrogen (secondary N) is 1. The Hall–Kier alpha value is -3.26. The van der Waals surface area contributed by atoms with Gasteiger partial charge in [0.1, 0.15) is 11.8 Å². The maximum Gasteiger partial charge on any atom is 0.276 e. The van der Waals surface area contributed by atoms with Gasteiger partial charge in [0.25, 0.3) is 5.91 Å². The van der Waals surface area contributed by atoms with Crippen molar-refractivity contribution < 1.29 is 14.3 Å². The summed E-state index contributed by atoms with van der Waals surface area (Å²) in [5, 5.41) is 8.55. The van der Waals surface area contributed by atoms with Gasteiger partial charge >= 0.3 is 0 Å². The average Bonchev–Trinajstić information content (AvgIpc) is 3.27. The van der Waals surface area contributed by atoms with Gasteiger partial charge in [-0.15, -0.1) is 5.10 Å². The first-order valence-electron chi connectivity index (χ1n) is 9.86. The van der Waals surface area contributed by atoms with Gasteiger partial charge < -0.3 is 15.0 Å². The molecule has 8 heteroatoms. The van der Waals surface area contributed by atoms with Crippen molar-refractivity contribution in [3.8, 4) is 5.75 Å². The average molecular weight is 439 g/mol. The van der Waals surface area contributed by atoms with Crippen LogP contribution < -0.4 is 10.1 Å². The molecule has 1 heterocycles. The highest BCUT2D eigenvalue weighted by Gasteiger charge is 2.35. The summed E-state index contributed by atoms with van der Waals surface area (Å²) < 4.78 is 9.18. The van der Waals surface area contributed by atoms with Crippen molar-refractivity contribution in [2.45, 2.75) is 38.9 Å². The topological polar surface area (TPSA) is 84.4 Å². The predicted molar refractivity (Wildman–Crippen MR) is 120 cm³/mol. The third-order valence-electron chi connectivity index (χ3n) is 4.50. The molecule has 0 saturated carbocycles. The van der Waals surface area contributed by atoms with Gasteiger partial charge in [0, 0.05) is 17.5 Å². The maximum atomic E-state index is 13.5. The molecule has 1 N–H and O–H groups in total. The van der Waals surface area contributed by atoms with Crippen molar-refractivity contribution in [2.75, 3.05) is 7.11 Å². The van der Waals surface area contributed by atoms with E-state index in [1.807, 2.05) is 57.2 Å².